The van der Waals surface area contributed by atoms with Crippen LogP contribution < -0.4 is 0 Å². The molecule has 0 aromatic rings. The number of hydrogen-bond donors (Lipinski definition) is 0. The Labute approximate surface area is 195 Å². The standard InChI is InChI=1S/C27H45NO4/c1-6-7-18-26(24(29)31-20(2)3,22-14-10-8-11-15-22)27(19-28,25(30)32-21(4)5)23-16-12-9-13-17-23/h20-23H,6-18H2,1-5H3. The zero-order valence-corrected chi connectivity index (χ0v) is 21.1. The summed E-state index contributed by atoms with van der Waals surface area (Å²) in [5, 5.41) is 10.9. The Balaban J connectivity index is 2.78. The fraction of sp³-hybridized carbons (Fsp3) is 0.889. The Morgan fingerprint density at radius 1 is 0.844 bits per heavy atom. The van der Waals surface area contributed by atoms with Gasteiger partial charge in [-0.3, -0.25) is 9.59 Å². The van der Waals surface area contributed by atoms with Gasteiger partial charge in [0.05, 0.1) is 18.3 Å². The predicted molar refractivity (Wildman–Crippen MR) is 126 cm³/mol. The number of esters is 2. The number of nitrogens with zero attached hydrogens (tertiary/aromatic N) is 1. The molecule has 0 aromatic heterocycles. The summed E-state index contributed by atoms with van der Waals surface area (Å²) in [6, 6.07) is 2.52. The van der Waals surface area contributed by atoms with E-state index in [9.17, 15) is 14.9 Å². The second-order valence-electron chi connectivity index (χ2n) is 10.6. The molecule has 0 aromatic carbocycles. The number of rotatable bonds is 10. The van der Waals surface area contributed by atoms with Gasteiger partial charge in [0.15, 0.2) is 5.41 Å². The Morgan fingerprint density at radius 2 is 1.31 bits per heavy atom. The van der Waals surface area contributed by atoms with Gasteiger partial charge in [-0.15, -0.1) is 0 Å². The van der Waals surface area contributed by atoms with E-state index in [0.29, 0.717) is 6.42 Å². The Hall–Kier alpha value is -1.57. The summed E-state index contributed by atoms with van der Waals surface area (Å²) in [7, 11) is 0. The molecule has 182 valence electrons. The van der Waals surface area contributed by atoms with Crippen molar-refractivity contribution in [2.75, 3.05) is 0 Å². The van der Waals surface area contributed by atoms with E-state index in [4.69, 9.17) is 9.47 Å². The number of nitriles is 1. The third kappa shape index (κ3) is 5.32. The summed E-state index contributed by atoms with van der Waals surface area (Å²) in [4.78, 5) is 28.1. The molecule has 5 heteroatoms. The van der Waals surface area contributed by atoms with E-state index in [-0.39, 0.29) is 30.0 Å². The van der Waals surface area contributed by atoms with E-state index in [1.54, 1.807) is 0 Å². The molecule has 5 nitrogen and oxygen atoms in total. The van der Waals surface area contributed by atoms with E-state index in [2.05, 4.69) is 13.0 Å². The van der Waals surface area contributed by atoms with Gasteiger partial charge >= 0.3 is 11.9 Å². The number of ether oxygens (including phenoxy) is 2. The largest absolute Gasteiger partial charge is 0.462 e. The Morgan fingerprint density at radius 3 is 1.75 bits per heavy atom. The molecular weight excluding hydrogens is 402 g/mol. The van der Waals surface area contributed by atoms with E-state index in [1.807, 2.05) is 27.7 Å². The van der Waals surface area contributed by atoms with Crippen molar-refractivity contribution in [3.05, 3.63) is 0 Å². The predicted octanol–water partition coefficient (Wildman–Crippen LogP) is 6.74. The normalized spacial score (nSPS) is 22.1. The lowest BCUT2D eigenvalue weighted by Crippen LogP contribution is -2.61. The van der Waals surface area contributed by atoms with Gasteiger partial charge in [0.2, 0.25) is 0 Å². The molecule has 0 heterocycles. The minimum atomic E-state index is -1.50. The van der Waals surface area contributed by atoms with Gasteiger partial charge in [0.1, 0.15) is 5.41 Å². The molecule has 2 saturated carbocycles. The summed E-state index contributed by atoms with van der Waals surface area (Å²) in [5.74, 6) is -1.05. The van der Waals surface area contributed by atoms with Crippen molar-refractivity contribution in [1.29, 1.82) is 5.26 Å². The van der Waals surface area contributed by atoms with Gasteiger partial charge in [0, 0.05) is 0 Å². The maximum atomic E-state index is 14.1. The average Bonchev–Trinajstić information content (AvgIpc) is 2.77. The molecule has 2 rings (SSSR count). The summed E-state index contributed by atoms with van der Waals surface area (Å²) < 4.78 is 11.7. The summed E-state index contributed by atoms with van der Waals surface area (Å²) >= 11 is 0. The molecule has 32 heavy (non-hydrogen) atoms. The second kappa shape index (κ2) is 12.1. The van der Waals surface area contributed by atoms with Crippen LogP contribution in [0, 0.1) is 34.0 Å². The van der Waals surface area contributed by atoms with Crippen LogP contribution in [0.5, 0.6) is 0 Å². The number of hydrogen-bond acceptors (Lipinski definition) is 5. The molecule has 2 unspecified atom stereocenters. The Bertz CT molecular complexity index is 655. The Kier molecular flexibility index (Phi) is 10.0. The maximum Gasteiger partial charge on any atom is 0.328 e. The second-order valence-corrected chi connectivity index (χ2v) is 10.6. The molecule has 0 radical (unpaired) electrons. The van der Waals surface area contributed by atoms with Crippen molar-refractivity contribution >= 4 is 11.9 Å². The number of carbonyl (C=O) groups excluding carboxylic acids is 2. The van der Waals surface area contributed by atoms with Crippen molar-refractivity contribution in [1.82, 2.24) is 0 Å². The van der Waals surface area contributed by atoms with Gasteiger partial charge in [-0.2, -0.15) is 5.26 Å². The fourth-order valence-corrected chi connectivity index (χ4v) is 6.32. The molecule has 0 bridgehead atoms. The van der Waals surface area contributed by atoms with Gasteiger partial charge in [0.25, 0.3) is 0 Å². The van der Waals surface area contributed by atoms with Crippen LogP contribution in [0.1, 0.15) is 118 Å². The first-order chi connectivity index (χ1) is 15.3. The molecule has 0 aliphatic heterocycles. The highest BCUT2D eigenvalue weighted by Gasteiger charge is 2.69. The zero-order chi connectivity index (χ0) is 23.8. The highest BCUT2D eigenvalue weighted by molar-refractivity contribution is 5.91. The van der Waals surface area contributed by atoms with Crippen LogP contribution in [0.15, 0.2) is 0 Å². The quantitative estimate of drug-likeness (QED) is 0.347. The van der Waals surface area contributed by atoms with E-state index >= 15 is 0 Å². The highest BCUT2D eigenvalue weighted by Crippen LogP contribution is 2.60. The van der Waals surface area contributed by atoms with Crippen molar-refractivity contribution in [2.45, 2.75) is 130 Å². The highest BCUT2D eigenvalue weighted by atomic mass is 16.6. The van der Waals surface area contributed by atoms with Crippen LogP contribution >= 0.6 is 0 Å². The summed E-state index contributed by atoms with van der Waals surface area (Å²) in [5.41, 5.74) is -2.66. The monoisotopic (exact) mass is 447 g/mol. The molecule has 2 fully saturated rings. The van der Waals surface area contributed by atoms with E-state index in [0.717, 1.165) is 77.0 Å². The first kappa shape index (κ1) is 26.7. The summed E-state index contributed by atoms with van der Waals surface area (Å²) in [6.07, 6.45) is 11.1. The summed E-state index contributed by atoms with van der Waals surface area (Å²) in [6.45, 7) is 9.44. The van der Waals surface area contributed by atoms with Crippen LogP contribution in [0.25, 0.3) is 0 Å². The van der Waals surface area contributed by atoms with Crippen molar-refractivity contribution in [3.63, 3.8) is 0 Å². The molecule has 0 amide bonds. The zero-order valence-electron chi connectivity index (χ0n) is 21.1. The topological polar surface area (TPSA) is 76.4 Å². The number of carbonyl (C=O) groups is 2. The minimum Gasteiger partial charge on any atom is -0.462 e. The van der Waals surface area contributed by atoms with Crippen molar-refractivity contribution in [2.24, 2.45) is 22.7 Å². The minimum absolute atomic E-state index is 0.0321. The third-order valence-electron chi connectivity index (χ3n) is 7.70. The third-order valence-corrected chi connectivity index (χ3v) is 7.70. The lowest BCUT2D eigenvalue weighted by Gasteiger charge is -2.52. The van der Waals surface area contributed by atoms with E-state index in [1.165, 1.54) is 0 Å². The molecule has 2 atom stereocenters. The van der Waals surface area contributed by atoms with Crippen molar-refractivity contribution in [3.8, 4) is 6.07 Å². The lowest BCUT2D eigenvalue weighted by molar-refractivity contribution is -0.196. The van der Waals surface area contributed by atoms with Crippen molar-refractivity contribution < 1.29 is 19.1 Å². The van der Waals surface area contributed by atoms with Gasteiger partial charge < -0.3 is 9.47 Å². The van der Waals surface area contributed by atoms with Crippen LogP contribution in [0.3, 0.4) is 0 Å². The fourth-order valence-electron chi connectivity index (χ4n) is 6.32. The van der Waals surface area contributed by atoms with Crippen LogP contribution in [0.4, 0.5) is 0 Å². The maximum absolute atomic E-state index is 14.1. The molecule has 0 spiro atoms. The molecule has 0 N–H and O–H groups in total. The molecule has 0 saturated heterocycles. The molecular formula is C27H45NO4. The van der Waals surface area contributed by atoms with E-state index < -0.39 is 16.8 Å². The first-order valence-corrected chi connectivity index (χ1v) is 13.1. The van der Waals surface area contributed by atoms with Crippen LogP contribution in [-0.4, -0.2) is 24.1 Å². The number of unbranched alkanes of at least 4 members (excludes halogenated alkanes) is 1. The lowest BCUT2D eigenvalue weighted by atomic mass is 9.47. The smallest absolute Gasteiger partial charge is 0.328 e. The van der Waals surface area contributed by atoms with Gasteiger partial charge in [-0.05, 0) is 71.6 Å². The molecule has 2 aliphatic carbocycles. The molecule has 2 aliphatic rings. The SMILES string of the molecule is CCCCC(C(=O)OC(C)C)(C1CCCCC1)C(C#N)(C(=O)OC(C)C)C1CCCCC1. The van der Waals surface area contributed by atoms with Gasteiger partial charge in [-0.1, -0.05) is 58.3 Å². The first-order valence-electron chi connectivity index (χ1n) is 13.1. The van der Waals surface area contributed by atoms with Crippen LogP contribution in [0.2, 0.25) is 0 Å². The average molecular weight is 448 g/mol. The van der Waals surface area contributed by atoms with Gasteiger partial charge in [-0.25, -0.2) is 0 Å². The van der Waals surface area contributed by atoms with Crippen LogP contribution in [-0.2, 0) is 19.1 Å².